The lowest BCUT2D eigenvalue weighted by atomic mass is 10.0. The molecule has 1 fully saturated rings. The average Bonchev–Trinajstić information content (AvgIpc) is 3.42. The van der Waals surface area contributed by atoms with E-state index in [4.69, 9.17) is 15.6 Å². The summed E-state index contributed by atoms with van der Waals surface area (Å²) in [4.78, 5) is 20.9. The van der Waals surface area contributed by atoms with E-state index in [0.29, 0.717) is 19.3 Å². The van der Waals surface area contributed by atoms with Crippen molar-refractivity contribution in [1.82, 2.24) is 0 Å². The van der Waals surface area contributed by atoms with E-state index < -0.39 is 5.97 Å². The smallest absolute Gasteiger partial charge is 0.306 e. The SMILES string of the molecule is Nc1ccc(C=O)o1.O=C(O)[C@H]1CC[C@H](OCc2ccccc2-c2ccccc2)C1. The molecule has 0 aliphatic heterocycles. The molecule has 1 aromatic heterocycles. The Morgan fingerprint density at radius 2 is 1.80 bits per heavy atom. The summed E-state index contributed by atoms with van der Waals surface area (Å²) in [6, 6.07) is 21.5. The number of hydrogen-bond donors (Lipinski definition) is 2. The molecule has 2 aromatic carbocycles. The van der Waals surface area contributed by atoms with Crippen molar-refractivity contribution in [3.8, 4) is 11.1 Å². The van der Waals surface area contributed by atoms with Gasteiger partial charge in [-0.25, -0.2) is 0 Å². The molecule has 1 aliphatic rings. The molecule has 0 bridgehead atoms. The van der Waals surface area contributed by atoms with Crippen LogP contribution in [0.1, 0.15) is 35.4 Å². The molecule has 6 heteroatoms. The highest BCUT2D eigenvalue weighted by molar-refractivity contribution is 5.71. The molecule has 3 N–H and O–H groups in total. The van der Waals surface area contributed by atoms with Crippen LogP contribution in [0.2, 0.25) is 0 Å². The van der Waals surface area contributed by atoms with Crippen LogP contribution in [0.4, 0.5) is 5.88 Å². The molecule has 2 atom stereocenters. The van der Waals surface area contributed by atoms with Crippen LogP contribution in [0.3, 0.4) is 0 Å². The number of carbonyl (C=O) groups excluding carboxylic acids is 1. The molecule has 0 saturated heterocycles. The highest BCUT2D eigenvalue weighted by Gasteiger charge is 2.30. The maximum absolute atomic E-state index is 11.0. The van der Waals surface area contributed by atoms with Gasteiger partial charge >= 0.3 is 5.97 Å². The number of ether oxygens (including phenoxy) is 1. The zero-order chi connectivity index (χ0) is 21.3. The molecule has 0 amide bonds. The summed E-state index contributed by atoms with van der Waals surface area (Å²) < 4.78 is 10.6. The molecule has 0 spiro atoms. The number of carbonyl (C=O) groups is 2. The summed E-state index contributed by atoms with van der Waals surface area (Å²) in [5.41, 5.74) is 8.63. The van der Waals surface area contributed by atoms with Gasteiger partial charge in [0.25, 0.3) is 0 Å². The minimum Gasteiger partial charge on any atom is -0.481 e. The number of carboxylic acid groups (broad SMARTS) is 1. The molecule has 30 heavy (non-hydrogen) atoms. The molecule has 156 valence electrons. The van der Waals surface area contributed by atoms with E-state index in [9.17, 15) is 9.59 Å². The van der Waals surface area contributed by atoms with Crippen molar-refractivity contribution < 1.29 is 23.8 Å². The Kier molecular flexibility index (Phi) is 7.40. The summed E-state index contributed by atoms with van der Waals surface area (Å²) in [6.45, 7) is 0.530. The Bertz CT molecular complexity index is 966. The second-order valence-electron chi connectivity index (χ2n) is 7.16. The van der Waals surface area contributed by atoms with E-state index in [1.165, 1.54) is 23.3 Å². The second-order valence-corrected chi connectivity index (χ2v) is 7.16. The van der Waals surface area contributed by atoms with Crippen LogP contribution in [0.5, 0.6) is 0 Å². The fourth-order valence-electron chi connectivity index (χ4n) is 3.50. The van der Waals surface area contributed by atoms with Crippen molar-refractivity contribution >= 4 is 18.1 Å². The number of carboxylic acids is 1. The van der Waals surface area contributed by atoms with Crippen LogP contribution in [0.15, 0.2) is 71.1 Å². The third-order valence-electron chi connectivity index (χ3n) is 5.07. The van der Waals surface area contributed by atoms with Crippen LogP contribution in [-0.2, 0) is 16.1 Å². The normalized spacial score (nSPS) is 17.7. The molecule has 0 radical (unpaired) electrons. The summed E-state index contributed by atoms with van der Waals surface area (Å²) in [6.07, 6.45) is 2.86. The van der Waals surface area contributed by atoms with Gasteiger partial charge in [0, 0.05) is 6.07 Å². The molecular weight excluding hydrogens is 382 g/mol. The van der Waals surface area contributed by atoms with Crippen LogP contribution in [0, 0.1) is 5.92 Å². The van der Waals surface area contributed by atoms with E-state index in [2.05, 4.69) is 28.7 Å². The first-order chi connectivity index (χ1) is 14.6. The Labute approximate surface area is 175 Å². The van der Waals surface area contributed by atoms with Gasteiger partial charge in [0.15, 0.2) is 17.9 Å². The highest BCUT2D eigenvalue weighted by atomic mass is 16.5. The van der Waals surface area contributed by atoms with Gasteiger partial charge in [-0.2, -0.15) is 0 Å². The Hall–Kier alpha value is -3.38. The average molecular weight is 407 g/mol. The van der Waals surface area contributed by atoms with E-state index in [0.717, 1.165) is 18.4 Å². The fourth-order valence-corrected chi connectivity index (χ4v) is 3.50. The number of rotatable bonds is 6. The fraction of sp³-hybridized carbons (Fsp3) is 0.250. The zero-order valence-electron chi connectivity index (χ0n) is 16.6. The Balaban J connectivity index is 0.000000269. The van der Waals surface area contributed by atoms with Crippen LogP contribution in [-0.4, -0.2) is 23.5 Å². The van der Waals surface area contributed by atoms with E-state index >= 15 is 0 Å². The van der Waals surface area contributed by atoms with Gasteiger partial charge in [-0.05, 0) is 42.0 Å². The summed E-state index contributed by atoms with van der Waals surface area (Å²) in [5.74, 6) is -0.403. The summed E-state index contributed by atoms with van der Waals surface area (Å²) in [7, 11) is 0. The van der Waals surface area contributed by atoms with Gasteiger partial charge in [0.05, 0.1) is 18.6 Å². The number of benzene rings is 2. The number of aldehydes is 1. The van der Waals surface area contributed by atoms with Crippen LogP contribution < -0.4 is 5.73 Å². The maximum Gasteiger partial charge on any atom is 0.306 e. The van der Waals surface area contributed by atoms with Crippen molar-refractivity contribution in [1.29, 1.82) is 0 Å². The molecule has 3 aromatic rings. The van der Waals surface area contributed by atoms with Gasteiger partial charge in [0.1, 0.15) is 0 Å². The maximum atomic E-state index is 11.0. The molecule has 1 aliphatic carbocycles. The lowest BCUT2D eigenvalue weighted by molar-refractivity contribution is -0.141. The highest BCUT2D eigenvalue weighted by Crippen LogP contribution is 2.30. The first kappa shape index (κ1) is 21.3. The zero-order valence-corrected chi connectivity index (χ0v) is 16.6. The third kappa shape index (κ3) is 5.81. The van der Waals surface area contributed by atoms with Crippen LogP contribution in [0.25, 0.3) is 11.1 Å². The predicted octanol–water partition coefficient (Wildman–Crippen LogP) is 4.80. The summed E-state index contributed by atoms with van der Waals surface area (Å²) in [5, 5.41) is 9.05. The molecular formula is C24H25NO5. The Morgan fingerprint density at radius 1 is 1.07 bits per heavy atom. The monoisotopic (exact) mass is 407 g/mol. The van der Waals surface area contributed by atoms with E-state index in [1.807, 2.05) is 30.3 Å². The third-order valence-corrected chi connectivity index (χ3v) is 5.07. The number of aliphatic carboxylic acids is 1. The van der Waals surface area contributed by atoms with Gasteiger partial charge in [-0.15, -0.1) is 0 Å². The Morgan fingerprint density at radius 3 is 2.40 bits per heavy atom. The number of nitrogen functional groups attached to an aromatic ring is 1. The van der Waals surface area contributed by atoms with E-state index in [-0.39, 0.29) is 23.7 Å². The van der Waals surface area contributed by atoms with Crippen molar-refractivity contribution in [3.05, 3.63) is 78.1 Å². The molecule has 6 nitrogen and oxygen atoms in total. The number of nitrogens with two attached hydrogens (primary N) is 1. The van der Waals surface area contributed by atoms with E-state index in [1.54, 1.807) is 0 Å². The lowest BCUT2D eigenvalue weighted by Gasteiger charge is -2.14. The van der Waals surface area contributed by atoms with Crippen molar-refractivity contribution in [2.75, 3.05) is 5.73 Å². The standard InChI is InChI=1S/C19H20O3.C5H5NO2/c20-19(21)15-10-11-17(12-15)22-13-16-8-4-5-9-18(16)14-6-2-1-3-7-14;6-5-2-1-4(3-7)8-5/h1-9,15,17H,10-13H2,(H,20,21);1-3H,6H2/t15-,17-;/m0./s1. The largest absolute Gasteiger partial charge is 0.481 e. The molecule has 0 unspecified atom stereocenters. The lowest BCUT2D eigenvalue weighted by Crippen LogP contribution is -2.13. The number of furan rings is 1. The molecule has 1 saturated carbocycles. The van der Waals surface area contributed by atoms with Gasteiger partial charge < -0.3 is 20.0 Å². The van der Waals surface area contributed by atoms with Crippen molar-refractivity contribution in [3.63, 3.8) is 0 Å². The van der Waals surface area contributed by atoms with Gasteiger partial charge in [0.2, 0.25) is 0 Å². The molecule has 1 heterocycles. The number of hydrogen-bond acceptors (Lipinski definition) is 5. The minimum absolute atomic E-state index is 0.0601. The van der Waals surface area contributed by atoms with Crippen molar-refractivity contribution in [2.24, 2.45) is 5.92 Å². The second kappa shape index (κ2) is 10.4. The number of anilines is 1. The first-order valence-corrected chi connectivity index (χ1v) is 9.85. The van der Waals surface area contributed by atoms with Crippen molar-refractivity contribution in [2.45, 2.75) is 32.0 Å². The van der Waals surface area contributed by atoms with Crippen LogP contribution >= 0.6 is 0 Å². The summed E-state index contributed by atoms with van der Waals surface area (Å²) >= 11 is 0. The first-order valence-electron chi connectivity index (χ1n) is 9.85. The van der Waals surface area contributed by atoms with Gasteiger partial charge in [-0.3, -0.25) is 9.59 Å². The quantitative estimate of drug-likeness (QED) is 0.569. The van der Waals surface area contributed by atoms with Gasteiger partial charge in [-0.1, -0.05) is 54.6 Å². The topological polar surface area (TPSA) is 103 Å². The minimum atomic E-state index is -0.698. The molecule has 4 rings (SSSR count). The predicted molar refractivity (Wildman–Crippen MR) is 114 cm³/mol.